The van der Waals surface area contributed by atoms with Crippen molar-refractivity contribution >= 4 is 18.0 Å². The van der Waals surface area contributed by atoms with Crippen molar-refractivity contribution in [3.8, 4) is 0 Å². The molecule has 0 aliphatic carbocycles. The van der Waals surface area contributed by atoms with Crippen LogP contribution in [0.15, 0.2) is 0 Å². The van der Waals surface area contributed by atoms with E-state index in [-0.39, 0.29) is 0 Å². The molecule has 0 bridgehead atoms. The highest BCUT2D eigenvalue weighted by atomic mass is 32.2. The zero-order valence-electron chi connectivity index (χ0n) is 5.93. The van der Waals surface area contributed by atoms with Gasteiger partial charge < -0.3 is 4.79 Å². The van der Waals surface area contributed by atoms with E-state index in [4.69, 9.17) is 0 Å². The minimum Gasteiger partial charge on any atom is -0.303 e. The molecule has 54 valence electrons. The molecule has 0 aromatic rings. The first-order valence-electron chi connectivity index (χ1n) is 3.43. The maximum Gasteiger partial charge on any atom is 0.120 e. The van der Waals surface area contributed by atoms with E-state index in [9.17, 15) is 4.79 Å². The standard InChI is InChI=1S/C7H14OS/c1-2-6-9-7-4-3-5-8/h5H,2-4,6-7H2,1H3. The fourth-order valence-electron chi connectivity index (χ4n) is 0.515. The van der Waals surface area contributed by atoms with E-state index >= 15 is 0 Å². The molecule has 1 nitrogen and oxygen atoms in total. The summed E-state index contributed by atoms with van der Waals surface area (Å²) >= 11 is 1.93. The minimum absolute atomic E-state index is 0.733. The van der Waals surface area contributed by atoms with E-state index in [1.165, 1.54) is 12.2 Å². The Bertz CT molecular complexity index is 63.9. The lowest BCUT2D eigenvalue weighted by atomic mass is 10.4. The van der Waals surface area contributed by atoms with Crippen molar-refractivity contribution in [2.75, 3.05) is 11.5 Å². The van der Waals surface area contributed by atoms with Gasteiger partial charge in [-0.25, -0.2) is 0 Å². The lowest BCUT2D eigenvalue weighted by molar-refractivity contribution is -0.107. The third kappa shape index (κ3) is 8.02. The number of hydrogen-bond donors (Lipinski definition) is 0. The Balaban J connectivity index is 2.66. The molecule has 0 saturated heterocycles. The number of aldehydes is 1. The van der Waals surface area contributed by atoms with E-state index < -0.39 is 0 Å². The Labute approximate surface area is 61.2 Å². The zero-order valence-corrected chi connectivity index (χ0v) is 6.75. The van der Waals surface area contributed by atoms with Crippen molar-refractivity contribution in [1.82, 2.24) is 0 Å². The van der Waals surface area contributed by atoms with Gasteiger partial charge in [-0.3, -0.25) is 0 Å². The number of unbranched alkanes of at least 4 members (excludes halogenated alkanes) is 1. The van der Waals surface area contributed by atoms with E-state index in [0.29, 0.717) is 0 Å². The van der Waals surface area contributed by atoms with Crippen LogP contribution >= 0.6 is 11.8 Å². The zero-order chi connectivity index (χ0) is 6.95. The first-order chi connectivity index (χ1) is 4.41. The molecule has 0 aromatic heterocycles. The highest BCUT2D eigenvalue weighted by molar-refractivity contribution is 7.99. The molecular weight excluding hydrogens is 132 g/mol. The van der Waals surface area contributed by atoms with Crippen molar-refractivity contribution < 1.29 is 4.79 Å². The van der Waals surface area contributed by atoms with Gasteiger partial charge in [-0.15, -0.1) is 0 Å². The molecule has 0 N–H and O–H groups in total. The number of rotatable bonds is 6. The van der Waals surface area contributed by atoms with Crippen LogP contribution in [0.2, 0.25) is 0 Å². The van der Waals surface area contributed by atoms with Gasteiger partial charge in [0, 0.05) is 6.42 Å². The van der Waals surface area contributed by atoms with Crippen molar-refractivity contribution in [2.24, 2.45) is 0 Å². The molecule has 0 unspecified atom stereocenters. The molecule has 0 amide bonds. The minimum atomic E-state index is 0.733. The lowest BCUT2D eigenvalue weighted by Crippen LogP contribution is -1.82. The van der Waals surface area contributed by atoms with Gasteiger partial charge in [0.1, 0.15) is 6.29 Å². The summed E-state index contributed by atoms with van der Waals surface area (Å²) in [5, 5.41) is 0. The molecule has 0 radical (unpaired) electrons. The van der Waals surface area contributed by atoms with Crippen LogP contribution in [-0.4, -0.2) is 17.8 Å². The second-order valence-electron chi connectivity index (χ2n) is 1.92. The fourth-order valence-corrected chi connectivity index (χ4v) is 1.38. The summed E-state index contributed by atoms with van der Waals surface area (Å²) in [6, 6.07) is 0. The summed E-state index contributed by atoms with van der Waals surface area (Å²) in [5.41, 5.74) is 0. The third-order valence-electron chi connectivity index (χ3n) is 0.959. The summed E-state index contributed by atoms with van der Waals surface area (Å²) in [6.45, 7) is 2.17. The predicted molar refractivity (Wildman–Crippen MR) is 42.9 cm³/mol. The molecule has 0 spiro atoms. The van der Waals surface area contributed by atoms with E-state index in [1.54, 1.807) is 0 Å². The van der Waals surface area contributed by atoms with Gasteiger partial charge in [-0.2, -0.15) is 11.8 Å². The van der Waals surface area contributed by atoms with Crippen molar-refractivity contribution in [1.29, 1.82) is 0 Å². The van der Waals surface area contributed by atoms with Crippen LogP contribution in [0.1, 0.15) is 26.2 Å². The Morgan fingerprint density at radius 1 is 1.44 bits per heavy atom. The van der Waals surface area contributed by atoms with E-state index in [1.807, 2.05) is 11.8 Å². The number of thioether (sulfide) groups is 1. The third-order valence-corrected chi connectivity index (χ3v) is 2.23. The molecule has 0 saturated carbocycles. The van der Waals surface area contributed by atoms with Crippen LogP contribution in [0, 0.1) is 0 Å². The van der Waals surface area contributed by atoms with Crippen LogP contribution in [0.5, 0.6) is 0 Å². The highest BCUT2D eigenvalue weighted by Crippen LogP contribution is 2.04. The molecule has 9 heavy (non-hydrogen) atoms. The summed E-state index contributed by atoms with van der Waals surface area (Å²) in [5.74, 6) is 2.38. The van der Waals surface area contributed by atoms with Crippen LogP contribution in [0.25, 0.3) is 0 Å². The molecule has 0 heterocycles. The Morgan fingerprint density at radius 2 is 2.22 bits per heavy atom. The van der Waals surface area contributed by atoms with Crippen LogP contribution < -0.4 is 0 Å². The molecule has 0 aliphatic heterocycles. The summed E-state index contributed by atoms with van der Waals surface area (Å²) in [6.07, 6.45) is 4.02. The number of hydrogen-bond acceptors (Lipinski definition) is 2. The quantitative estimate of drug-likeness (QED) is 0.421. The molecule has 0 aliphatic rings. The van der Waals surface area contributed by atoms with Gasteiger partial charge in [0.2, 0.25) is 0 Å². The molecular formula is C7H14OS. The maximum absolute atomic E-state index is 9.83. The number of carbonyl (C=O) groups is 1. The number of carbonyl (C=O) groups excluding carboxylic acids is 1. The Hall–Kier alpha value is 0.0200. The highest BCUT2D eigenvalue weighted by Gasteiger charge is 1.85. The van der Waals surface area contributed by atoms with Crippen molar-refractivity contribution in [3.05, 3.63) is 0 Å². The normalized spacial score (nSPS) is 9.44. The van der Waals surface area contributed by atoms with Gasteiger partial charge in [0.25, 0.3) is 0 Å². The van der Waals surface area contributed by atoms with Gasteiger partial charge >= 0.3 is 0 Å². The van der Waals surface area contributed by atoms with Gasteiger partial charge in [0.15, 0.2) is 0 Å². The van der Waals surface area contributed by atoms with Gasteiger partial charge in [-0.05, 0) is 24.3 Å². The molecule has 2 heteroatoms. The van der Waals surface area contributed by atoms with Crippen LogP contribution in [-0.2, 0) is 4.79 Å². The second kappa shape index (κ2) is 8.02. The fraction of sp³-hybridized carbons (Fsp3) is 0.857. The predicted octanol–water partition coefficient (Wildman–Crippen LogP) is 2.11. The van der Waals surface area contributed by atoms with Gasteiger partial charge in [0.05, 0.1) is 0 Å². The Kier molecular flexibility index (Phi) is 8.04. The lowest BCUT2D eigenvalue weighted by Gasteiger charge is -1.93. The maximum atomic E-state index is 9.83. The largest absolute Gasteiger partial charge is 0.303 e. The summed E-state index contributed by atoms with van der Waals surface area (Å²) in [7, 11) is 0. The first kappa shape index (κ1) is 9.02. The smallest absolute Gasteiger partial charge is 0.120 e. The first-order valence-corrected chi connectivity index (χ1v) is 4.58. The van der Waals surface area contributed by atoms with Gasteiger partial charge in [-0.1, -0.05) is 6.92 Å². The summed E-state index contributed by atoms with van der Waals surface area (Å²) < 4.78 is 0. The SMILES string of the molecule is CCCSCCCC=O. The van der Waals surface area contributed by atoms with Crippen molar-refractivity contribution in [3.63, 3.8) is 0 Å². The second-order valence-corrected chi connectivity index (χ2v) is 3.15. The molecule has 0 aromatic carbocycles. The van der Waals surface area contributed by atoms with E-state index in [2.05, 4.69) is 6.92 Å². The van der Waals surface area contributed by atoms with Crippen LogP contribution in [0.3, 0.4) is 0 Å². The average Bonchev–Trinajstić information content (AvgIpc) is 1.89. The Morgan fingerprint density at radius 3 is 2.78 bits per heavy atom. The average molecular weight is 146 g/mol. The molecule has 0 fully saturated rings. The van der Waals surface area contributed by atoms with E-state index in [0.717, 1.165) is 24.9 Å². The monoisotopic (exact) mass is 146 g/mol. The molecule has 0 atom stereocenters. The summed E-state index contributed by atoms with van der Waals surface area (Å²) in [4.78, 5) is 9.83. The van der Waals surface area contributed by atoms with Crippen molar-refractivity contribution in [2.45, 2.75) is 26.2 Å². The molecule has 0 rings (SSSR count). The topological polar surface area (TPSA) is 17.1 Å². The van der Waals surface area contributed by atoms with Crippen LogP contribution in [0.4, 0.5) is 0 Å².